The molecule has 188 valence electrons. The minimum absolute atomic E-state index is 0.288. The first-order chi connectivity index (χ1) is 14.9. The first-order valence-corrected chi connectivity index (χ1v) is 12.9. The Morgan fingerprint density at radius 1 is 1.09 bits per heavy atom. The molecule has 6 atom stereocenters. The first kappa shape index (κ1) is 27.7. The monoisotopic (exact) mass is 541 g/mol. The minimum Gasteiger partial charge on any atom is -0.387 e. The number of nitrogens with one attached hydrogen (secondary N) is 1. The van der Waals surface area contributed by atoms with Gasteiger partial charge in [-0.1, -0.05) is 0 Å². The molecule has 0 aliphatic carbocycles. The Bertz CT molecular complexity index is 1160. The molecule has 1 saturated heterocycles. The van der Waals surface area contributed by atoms with Gasteiger partial charge in [-0.25, -0.2) is 18.5 Å². The van der Waals surface area contributed by atoms with E-state index in [0.717, 1.165) is 6.20 Å². The van der Waals surface area contributed by atoms with Crippen molar-refractivity contribution in [2.45, 2.75) is 31.0 Å². The SMILES string of the molecule is NC(=O)Cc1cn([C@@H]2O[C@H](COP(=O)(O)OP(=O)(O)OP(=O)(O)O)[C@@H](O)[C@H]2O)c(=O)[nH]c1=O. The van der Waals surface area contributed by atoms with Gasteiger partial charge in [-0.2, -0.15) is 8.62 Å². The number of phosphoric ester groups is 1. The zero-order valence-electron chi connectivity index (χ0n) is 15.9. The number of hydrogen-bond acceptors (Lipinski definition) is 12. The zero-order chi connectivity index (χ0) is 25.4. The summed E-state index contributed by atoms with van der Waals surface area (Å²) in [5.41, 5.74) is 2.63. The average Bonchev–Trinajstić information content (AvgIpc) is 2.87. The number of H-pyrrole nitrogens is 1. The first-order valence-electron chi connectivity index (χ1n) is 8.33. The van der Waals surface area contributed by atoms with Gasteiger partial charge in [0, 0.05) is 11.8 Å². The smallest absolute Gasteiger partial charge is 0.387 e. The molecule has 2 unspecified atom stereocenters. The van der Waals surface area contributed by atoms with Crippen LogP contribution in [0.5, 0.6) is 0 Å². The van der Waals surface area contributed by atoms with Gasteiger partial charge in [0.2, 0.25) is 5.91 Å². The molecule has 22 heteroatoms. The van der Waals surface area contributed by atoms with E-state index in [9.17, 15) is 43.2 Å². The second-order valence-corrected chi connectivity index (χ2v) is 10.8. The van der Waals surface area contributed by atoms with Gasteiger partial charge in [-0.3, -0.25) is 23.7 Å². The molecule has 9 N–H and O–H groups in total. The third-order valence-corrected chi connectivity index (χ3v) is 7.64. The highest BCUT2D eigenvalue weighted by atomic mass is 31.3. The molecule has 1 aliphatic heterocycles. The van der Waals surface area contributed by atoms with Crippen LogP contribution in [-0.2, 0) is 42.8 Å². The van der Waals surface area contributed by atoms with Crippen molar-refractivity contribution < 1.29 is 66.2 Å². The molecule has 1 aliphatic rings. The number of carbonyl (C=O) groups is 1. The predicted octanol–water partition coefficient (Wildman–Crippen LogP) is -3.47. The van der Waals surface area contributed by atoms with Gasteiger partial charge >= 0.3 is 29.2 Å². The molecule has 19 nitrogen and oxygen atoms in total. The summed E-state index contributed by atoms with van der Waals surface area (Å²) in [7, 11) is -16.9. The van der Waals surface area contributed by atoms with E-state index in [-0.39, 0.29) is 5.56 Å². The topological polar surface area (TPSA) is 307 Å². The summed E-state index contributed by atoms with van der Waals surface area (Å²) >= 11 is 0. The summed E-state index contributed by atoms with van der Waals surface area (Å²) < 4.78 is 50.8. The van der Waals surface area contributed by atoms with Crippen molar-refractivity contribution in [1.29, 1.82) is 0 Å². The number of primary amides is 1. The summed E-state index contributed by atoms with van der Waals surface area (Å²) in [6.45, 7) is -1.12. The second kappa shape index (κ2) is 9.97. The number of ether oxygens (including phenoxy) is 1. The fourth-order valence-electron chi connectivity index (χ4n) is 2.60. The van der Waals surface area contributed by atoms with Gasteiger partial charge in [0.05, 0.1) is 13.0 Å². The van der Waals surface area contributed by atoms with Crippen LogP contribution < -0.4 is 17.0 Å². The van der Waals surface area contributed by atoms with Crippen LogP contribution in [0.2, 0.25) is 0 Å². The number of aromatic nitrogens is 2. The summed E-state index contributed by atoms with van der Waals surface area (Å²) in [4.78, 5) is 72.2. The van der Waals surface area contributed by atoms with Crippen molar-refractivity contribution in [3.63, 3.8) is 0 Å². The highest BCUT2D eigenvalue weighted by Gasteiger charge is 2.46. The van der Waals surface area contributed by atoms with Gasteiger partial charge in [0.15, 0.2) is 6.23 Å². The largest absolute Gasteiger partial charge is 0.490 e. The van der Waals surface area contributed by atoms with Crippen LogP contribution in [0, 0.1) is 0 Å². The van der Waals surface area contributed by atoms with Crippen LogP contribution in [0.25, 0.3) is 0 Å². The minimum atomic E-state index is -5.78. The lowest BCUT2D eigenvalue weighted by molar-refractivity contribution is -0.117. The molecular formula is C11H18N3O16P3. The van der Waals surface area contributed by atoms with Gasteiger partial charge in [-0.05, 0) is 0 Å². The third-order valence-electron chi connectivity index (χ3n) is 3.84. The Morgan fingerprint density at radius 3 is 2.24 bits per heavy atom. The lowest BCUT2D eigenvalue weighted by Gasteiger charge is -2.19. The van der Waals surface area contributed by atoms with Gasteiger partial charge in [0.1, 0.15) is 18.3 Å². The van der Waals surface area contributed by atoms with Crippen LogP contribution in [0.3, 0.4) is 0 Å². The second-order valence-electron chi connectivity index (χ2n) is 6.40. The number of rotatable bonds is 10. The fourth-order valence-corrected chi connectivity index (χ4v) is 5.63. The average molecular weight is 541 g/mol. The third kappa shape index (κ3) is 7.73. The molecule has 0 saturated carbocycles. The van der Waals surface area contributed by atoms with E-state index < -0.39 is 78.2 Å². The number of amides is 1. The van der Waals surface area contributed by atoms with Crippen LogP contribution in [0.4, 0.5) is 0 Å². The molecule has 1 aromatic heterocycles. The van der Waals surface area contributed by atoms with E-state index in [0.29, 0.717) is 4.57 Å². The van der Waals surface area contributed by atoms with Crippen LogP contribution in [0.15, 0.2) is 15.8 Å². The lowest BCUT2D eigenvalue weighted by Crippen LogP contribution is -2.39. The van der Waals surface area contributed by atoms with E-state index in [4.69, 9.17) is 25.2 Å². The fraction of sp³-hybridized carbons (Fsp3) is 0.545. The van der Waals surface area contributed by atoms with Gasteiger partial charge < -0.3 is 40.3 Å². The summed E-state index contributed by atoms with van der Waals surface area (Å²) in [6, 6.07) is 0. The Kier molecular flexibility index (Phi) is 8.36. The zero-order valence-corrected chi connectivity index (χ0v) is 18.6. The number of aromatic amines is 1. The van der Waals surface area contributed by atoms with Crippen LogP contribution >= 0.6 is 23.5 Å². The highest BCUT2D eigenvalue weighted by molar-refractivity contribution is 7.66. The molecule has 0 aromatic carbocycles. The number of hydrogen-bond donors (Lipinski definition) is 8. The van der Waals surface area contributed by atoms with Crippen molar-refractivity contribution in [3.8, 4) is 0 Å². The standard InChI is InChI=1S/C11H18N3O16P3/c12-6(15)1-4-2-14(11(19)13-9(4)18)10-8(17)7(16)5(28-10)3-27-32(23,24)30-33(25,26)29-31(20,21)22/h2,5,7-8,10,16-17H,1,3H2,(H2,12,15)(H,23,24)(H,25,26)(H,13,18,19)(H2,20,21,22)/t5-,7-,8-,10-/m1/s1. The molecule has 33 heavy (non-hydrogen) atoms. The Hall–Kier alpha value is -1.56. The molecule has 2 rings (SSSR count). The number of phosphoric acid groups is 3. The molecular weight excluding hydrogens is 523 g/mol. The Balaban J connectivity index is 2.15. The maximum Gasteiger partial charge on any atom is 0.490 e. The number of nitrogens with two attached hydrogens (primary N) is 1. The van der Waals surface area contributed by atoms with E-state index in [2.05, 4.69) is 13.1 Å². The maximum absolute atomic E-state index is 12.1. The summed E-state index contributed by atoms with van der Waals surface area (Å²) in [6.07, 6.45) is -6.91. The Labute approximate surface area is 181 Å². The summed E-state index contributed by atoms with van der Waals surface area (Å²) in [5.74, 6) is -0.924. The number of carbonyl (C=O) groups excluding carboxylic acids is 1. The van der Waals surface area contributed by atoms with E-state index in [1.165, 1.54) is 0 Å². The quantitative estimate of drug-likeness (QED) is 0.133. The predicted molar refractivity (Wildman–Crippen MR) is 100.0 cm³/mol. The number of nitrogens with zero attached hydrogens (tertiary/aromatic N) is 1. The Morgan fingerprint density at radius 2 is 1.70 bits per heavy atom. The van der Waals surface area contributed by atoms with Gasteiger partial charge in [0.25, 0.3) is 5.56 Å². The molecule has 0 spiro atoms. The normalized spacial score (nSPS) is 27.1. The number of aliphatic hydroxyl groups excluding tert-OH is 2. The van der Waals surface area contributed by atoms with Crippen LogP contribution in [-0.4, -0.2) is 70.2 Å². The van der Waals surface area contributed by atoms with E-state index in [1.807, 2.05) is 4.98 Å². The van der Waals surface area contributed by atoms with Gasteiger partial charge in [-0.15, -0.1) is 0 Å². The van der Waals surface area contributed by atoms with Crippen molar-refractivity contribution in [2.75, 3.05) is 6.61 Å². The van der Waals surface area contributed by atoms with E-state index in [1.54, 1.807) is 0 Å². The van der Waals surface area contributed by atoms with Crippen LogP contribution in [0.1, 0.15) is 11.8 Å². The van der Waals surface area contributed by atoms with Crippen molar-refractivity contribution >= 4 is 29.4 Å². The summed E-state index contributed by atoms with van der Waals surface area (Å²) in [5, 5.41) is 20.2. The molecule has 1 amide bonds. The molecule has 1 fully saturated rings. The van der Waals surface area contributed by atoms with Crippen molar-refractivity contribution in [3.05, 3.63) is 32.6 Å². The lowest BCUT2D eigenvalue weighted by atomic mass is 10.1. The molecule has 0 radical (unpaired) electrons. The molecule has 2 heterocycles. The van der Waals surface area contributed by atoms with E-state index >= 15 is 0 Å². The van der Waals surface area contributed by atoms with Crippen molar-refractivity contribution in [1.82, 2.24) is 9.55 Å². The molecule has 1 aromatic rings. The highest BCUT2D eigenvalue weighted by Crippen LogP contribution is 2.66. The van der Waals surface area contributed by atoms with Crippen molar-refractivity contribution in [2.24, 2.45) is 5.73 Å². The molecule has 0 bridgehead atoms. The maximum atomic E-state index is 12.1. The number of aliphatic hydroxyl groups is 2.